The van der Waals surface area contributed by atoms with Gasteiger partial charge in [0.05, 0.1) is 4.90 Å². The molecule has 0 amide bonds. The van der Waals surface area contributed by atoms with Crippen molar-refractivity contribution in [2.75, 3.05) is 6.54 Å². The maximum Gasteiger partial charge on any atom is 0.243 e. The van der Waals surface area contributed by atoms with Crippen LogP contribution in [0.3, 0.4) is 0 Å². The van der Waals surface area contributed by atoms with E-state index in [0.717, 1.165) is 5.56 Å². The summed E-state index contributed by atoms with van der Waals surface area (Å²) in [4.78, 5) is 0.217. The van der Waals surface area contributed by atoms with E-state index in [9.17, 15) is 8.42 Å². The van der Waals surface area contributed by atoms with Gasteiger partial charge in [-0.15, -0.1) is 0 Å². The Kier molecular flexibility index (Phi) is 6.01. The van der Waals surface area contributed by atoms with Gasteiger partial charge >= 0.3 is 0 Å². The van der Waals surface area contributed by atoms with Gasteiger partial charge in [-0.1, -0.05) is 31.5 Å². The van der Waals surface area contributed by atoms with E-state index in [1.807, 2.05) is 27.7 Å². The Balaban J connectivity index is 3.23. The molecule has 0 unspecified atom stereocenters. The van der Waals surface area contributed by atoms with E-state index in [0.29, 0.717) is 18.1 Å². The summed E-state index contributed by atoms with van der Waals surface area (Å²) in [6.45, 7) is 8.51. The Morgan fingerprint density at radius 1 is 1.25 bits per heavy atom. The highest BCUT2D eigenvalue weighted by molar-refractivity contribution is 7.89. The molecular weight excluding hydrogens is 296 g/mol. The molecule has 0 saturated carbocycles. The second-order valence-corrected chi connectivity index (χ2v) is 7.82. The average Bonchev–Trinajstić information content (AvgIpc) is 2.35. The van der Waals surface area contributed by atoms with Crippen molar-refractivity contribution >= 4 is 21.6 Å². The minimum Gasteiger partial charge on any atom is -0.326 e. The lowest BCUT2D eigenvalue weighted by Gasteiger charge is -2.27. The maximum atomic E-state index is 12.7. The predicted octanol–water partition coefficient (Wildman–Crippen LogP) is 2.85. The Bertz CT molecular complexity index is 556. The van der Waals surface area contributed by atoms with Crippen molar-refractivity contribution in [2.24, 2.45) is 11.7 Å². The van der Waals surface area contributed by atoms with Gasteiger partial charge in [0.1, 0.15) is 0 Å². The van der Waals surface area contributed by atoms with Crippen LogP contribution in [0, 0.1) is 5.92 Å². The largest absolute Gasteiger partial charge is 0.326 e. The third-order valence-electron chi connectivity index (χ3n) is 2.97. The number of halogens is 1. The van der Waals surface area contributed by atoms with E-state index in [1.54, 1.807) is 12.1 Å². The first-order chi connectivity index (χ1) is 9.20. The quantitative estimate of drug-likeness (QED) is 0.877. The van der Waals surface area contributed by atoms with Crippen LogP contribution >= 0.6 is 11.6 Å². The summed E-state index contributed by atoms with van der Waals surface area (Å²) in [7, 11) is -3.53. The zero-order chi connectivity index (χ0) is 15.5. The van der Waals surface area contributed by atoms with Crippen molar-refractivity contribution in [3.05, 3.63) is 28.8 Å². The van der Waals surface area contributed by atoms with E-state index < -0.39 is 10.0 Å². The van der Waals surface area contributed by atoms with Crippen molar-refractivity contribution in [1.82, 2.24) is 4.31 Å². The van der Waals surface area contributed by atoms with Gasteiger partial charge in [0.25, 0.3) is 0 Å². The number of sulfonamides is 1. The molecule has 1 aromatic carbocycles. The van der Waals surface area contributed by atoms with Crippen LogP contribution in [0.15, 0.2) is 23.1 Å². The monoisotopic (exact) mass is 318 g/mol. The summed E-state index contributed by atoms with van der Waals surface area (Å²) in [5, 5.41) is 0.391. The van der Waals surface area contributed by atoms with Crippen LogP contribution in [-0.4, -0.2) is 25.3 Å². The van der Waals surface area contributed by atoms with Gasteiger partial charge in [-0.05, 0) is 37.5 Å². The fourth-order valence-corrected chi connectivity index (χ4v) is 4.09. The molecule has 4 nitrogen and oxygen atoms in total. The van der Waals surface area contributed by atoms with Gasteiger partial charge in [0.2, 0.25) is 10.0 Å². The first-order valence-electron chi connectivity index (χ1n) is 6.70. The molecule has 0 spiro atoms. The van der Waals surface area contributed by atoms with Crippen LogP contribution in [-0.2, 0) is 16.6 Å². The lowest BCUT2D eigenvalue weighted by molar-refractivity contribution is 0.319. The van der Waals surface area contributed by atoms with Gasteiger partial charge in [0, 0.05) is 24.2 Å². The molecule has 0 saturated heterocycles. The molecule has 20 heavy (non-hydrogen) atoms. The number of hydrogen-bond acceptors (Lipinski definition) is 3. The standard InChI is InChI=1S/C14H23ClN2O2S/c1-10(2)9-17(11(3)4)20(18,19)13-6-5-12(8-16)14(15)7-13/h5-7,10-11H,8-9,16H2,1-4H3. The van der Waals surface area contributed by atoms with E-state index in [1.165, 1.54) is 10.4 Å². The molecule has 0 heterocycles. The van der Waals surface area contributed by atoms with Crippen molar-refractivity contribution < 1.29 is 8.42 Å². The lowest BCUT2D eigenvalue weighted by Crippen LogP contribution is -2.39. The average molecular weight is 319 g/mol. The molecule has 0 atom stereocenters. The highest BCUT2D eigenvalue weighted by Gasteiger charge is 2.27. The number of hydrogen-bond donors (Lipinski definition) is 1. The molecule has 0 aliphatic carbocycles. The zero-order valence-corrected chi connectivity index (χ0v) is 14.0. The van der Waals surface area contributed by atoms with Crippen LogP contribution in [0.1, 0.15) is 33.3 Å². The van der Waals surface area contributed by atoms with Gasteiger partial charge in [-0.3, -0.25) is 0 Å². The van der Waals surface area contributed by atoms with Gasteiger partial charge in [0.15, 0.2) is 0 Å². The van der Waals surface area contributed by atoms with Crippen molar-refractivity contribution in [3.8, 4) is 0 Å². The van der Waals surface area contributed by atoms with Gasteiger partial charge < -0.3 is 5.73 Å². The number of rotatable bonds is 6. The SMILES string of the molecule is CC(C)CN(C(C)C)S(=O)(=O)c1ccc(CN)c(Cl)c1. The third kappa shape index (κ3) is 3.95. The van der Waals surface area contributed by atoms with Crippen LogP contribution in [0.25, 0.3) is 0 Å². The fourth-order valence-electron chi connectivity index (χ4n) is 1.94. The molecule has 1 rings (SSSR count). The Morgan fingerprint density at radius 3 is 2.25 bits per heavy atom. The summed E-state index contributed by atoms with van der Waals surface area (Å²) in [6, 6.07) is 4.62. The highest BCUT2D eigenvalue weighted by Crippen LogP contribution is 2.25. The van der Waals surface area contributed by atoms with E-state index in [4.69, 9.17) is 17.3 Å². The number of nitrogens with zero attached hydrogens (tertiary/aromatic N) is 1. The van der Waals surface area contributed by atoms with Crippen molar-refractivity contribution in [2.45, 2.75) is 45.2 Å². The van der Waals surface area contributed by atoms with Crippen LogP contribution in [0.2, 0.25) is 5.02 Å². The Labute approximate surface area is 127 Å². The number of nitrogens with two attached hydrogens (primary N) is 1. The second-order valence-electron chi connectivity index (χ2n) is 5.52. The molecule has 0 fully saturated rings. The molecular formula is C14H23ClN2O2S. The van der Waals surface area contributed by atoms with Crippen LogP contribution < -0.4 is 5.73 Å². The third-order valence-corrected chi connectivity index (χ3v) is 5.36. The molecule has 114 valence electrons. The van der Waals surface area contributed by atoms with E-state index in [2.05, 4.69) is 0 Å². The molecule has 2 N–H and O–H groups in total. The summed E-state index contributed by atoms with van der Waals surface area (Å²) >= 11 is 6.06. The summed E-state index contributed by atoms with van der Waals surface area (Å²) < 4.78 is 26.9. The maximum absolute atomic E-state index is 12.7. The van der Waals surface area contributed by atoms with Gasteiger partial charge in [-0.2, -0.15) is 4.31 Å². The predicted molar refractivity (Wildman–Crippen MR) is 83.2 cm³/mol. The molecule has 0 radical (unpaired) electrons. The van der Waals surface area contributed by atoms with E-state index >= 15 is 0 Å². The molecule has 6 heteroatoms. The van der Waals surface area contributed by atoms with Crippen LogP contribution in [0.5, 0.6) is 0 Å². The topological polar surface area (TPSA) is 63.4 Å². The smallest absolute Gasteiger partial charge is 0.243 e. The molecule has 1 aromatic rings. The minimum atomic E-state index is -3.53. The van der Waals surface area contributed by atoms with E-state index in [-0.39, 0.29) is 16.9 Å². The van der Waals surface area contributed by atoms with Gasteiger partial charge in [-0.25, -0.2) is 8.42 Å². The molecule has 0 bridgehead atoms. The fraction of sp³-hybridized carbons (Fsp3) is 0.571. The normalized spacial score (nSPS) is 12.7. The summed E-state index contributed by atoms with van der Waals surface area (Å²) in [5.74, 6) is 0.256. The summed E-state index contributed by atoms with van der Waals surface area (Å²) in [6.07, 6.45) is 0. The first-order valence-corrected chi connectivity index (χ1v) is 8.52. The zero-order valence-electron chi connectivity index (χ0n) is 12.4. The highest BCUT2D eigenvalue weighted by atomic mass is 35.5. The lowest BCUT2D eigenvalue weighted by atomic mass is 10.2. The second kappa shape index (κ2) is 6.89. The Hall–Kier alpha value is -0.620. The van der Waals surface area contributed by atoms with Crippen LogP contribution in [0.4, 0.5) is 0 Å². The number of benzene rings is 1. The summed E-state index contributed by atoms with van der Waals surface area (Å²) in [5.41, 5.74) is 6.28. The first kappa shape index (κ1) is 17.4. The molecule has 0 aliphatic rings. The Morgan fingerprint density at radius 2 is 1.85 bits per heavy atom. The van der Waals surface area contributed by atoms with Crippen molar-refractivity contribution in [1.29, 1.82) is 0 Å². The molecule has 0 aliphatic heterocycles. The molecule has 0 aromatic heterocycles. The minimum absolute atomic E-state index is 0.102. The van der Waals surface area contributed by atoms with Crippen molar-refractivity contribution in [3.63, 3.8) is 0 Å².